The fourth-order valence-electron chi connectivity index (χ4n) is 4.64. The van der Waals surface area contributed by atoms with Gasteiger partial charge in [-0.25, -0.2) is 4.98 Å². The van der Waals surface area contributed by atoms with Gasteiger partial charge in [-0.1, -0.05) is 36.1 Å². The molecule has 3 aromatic rings. The van der Waals surface area contributed by atoms with E-state index >= 15 is 0 Å². The van der Waals surface area contributed by atoms with Gasteiger partial charge in [-0.3, -0.25) is 9.59 Å². The van der Waals surface area contributed by atoms with Gasteiger partial charge < -0.3 is 20.3 Å². The Labute approximate surface area is 196 Å². The molecule has 8 heteroatoms. The van der Waals surface area contributed by atoms with Gasteiger partial charge in [-0.15, -0.1) is 0 Å². The molecule has 2 fully saturated rings. The molecule has 3 heterocycles. The molecule has 2 aliphatic heterocycles. The number of hydrogen-bond donors (Lipinski definition) is 1. The fraction of sp³-hybridized carbons (Fsp3) is 0.240. The van der Waals surface area contributed by atoms with Crippen LogP contribution in [-0.4, -0.2) is 46.9 Å². The van der Waals surface area contributed by atoms with Gasteiger partial charge in [0.05, 0.1) is 17.8 Å². The van der Waals surface area contributed by atoms with Crippen molar-refractivity contribution < 1.29 is 14.3 Å². The molecule has 0 aliphatic carbocycles. The number of fused-ring (bicyclic) bond motifs is 2. The number of para-hydroxylation sites is 1. The predicted octanol–water partition coefficient (Wildman–Crippen LogP) is 4.07. The average Bonchev–Trinajstić information content (AvgIpc) is 3.39. The Morgan fingerprint density at radius 1 is 1.03 bits per heavy atom. The van der Waals surface area contributed by atoms with Crippen LogP contribution in [0.2, 0.25) is 0 Å². The topological polar surface area (TPSA) is 88.8 Å². The number of hydrogen-bond acceptors (Lipinski definition) is 6. The number of amides is 2. The van der Waals surface area contributed by atoms with Gasteiger partial charge in [0.2, 0.25) is 5.91 Å². The Morgan fingerprint density at radius 2 is 1.67 bits per heavy atom. The summed E-state index contributed by atoms with van der Waals surface area (Å²) in [6.07, 6.45) is 3.31. The number of ether oxygens (including phenoxy) is 1. The number of piperazine rings is 1. The minimum atomic E-state index is -0.498. The SMILES string of the molecule is C=CC(=O)N1[C@@H]2CC[C@H]1CN(c1nc(-c3ccc(Oc4ccccc4)cc3)c(C(N)=O)s1)C2. The number of nitrogens with zero attached hydrogens (tertiary/aromatic N) is 3. The summed E-state index contributed by atoms with van der Waals surface area (Å²) in [5.74, 6) is 0.933. The fourth-order valence-corrected chi connectivity index (χ4v) is 5.60. The quantitative estimate of drug-likeness (QED) is 0.560. The van der Waals surface area contributed by atoms with Crippen molar-refractivity contribution >= 4 is 28.3 Å². The lowest BCUT2D eigenvalue weighted by atomic mass is 10.1. The van der Waals surface area contributed by atoms with Gasteiger partial charge in [0.25, 0.3) is 5.91 Å². The maximum Gasteiger partial charge on any atom is 0.261 e. The van der Waals surface area contributed by atoms with Crippen LogP contribution in [0.3, 0.4) is 0 Å². The number of anilines is 1. The molecule has 2 aliphatic rings. The monoisotopic (exact) mass is 460 g/mol. The minimum Gasteiger partial charge on any atom is -0.457 e. The molecule has 2 saturated heterocycles. The minimum absolute atomic E-state index is 0.0161. The number of thiazole rings is 1. The summed E-state index contributed by atoms with van der Waals surface area (Å²) in [7, 11) is 0. The van der Waals surface area contributed by atoms with Crippen LogP contribution in [0, 0.1) is 0 Å². The molecule has 0 spiro atoms. The smallest absolute Gasteiger partial charge is 0.261 e. The number of aromatic nitrogens is 1. The number of rotatable bonds is 6. The third kappa shape index (κ3) is 4.09. The molecule has 7 nitrogen and oxygen atoms in total. The lowest BCUT2D eigenvalue weighted by Crippen LogP contribution is -2.55. The number of carbonyl (C=O) groups is 2. The molecule has 168 valence electrons. The van der Waals surface area contributed by atoms with E-state index in [0.29, 0.717) is 29.4 Å². The first kappa shape index (κ1) is 21.2. The second-order valence-electron chi connectivity index (χ2n) is 8.22. The van der Waals surface area contributed by atoms with Crippen molar-refractivity contribution in [2.75, 3.05) is 18.0 Å². The Hall–Kier alpha value is -3.65. The molecule has 5 rings (SSSR count). The third-order valence-electron chi connectivity index (χ3n) is 6.13. The van der Waals surface area contributed by atoms with Crippen molar-refractivity contribution in [2.45, 2.75) is 24.9 Å². The summed E-state index contributed by atoms with van der Waals surface area (Å²) in [4.78, 5) is 33.8. The molecular weight excluding hydrogens is 436 g/mol. The summed E-state index contributed by atoms with van der Waals surface area (Å²) in [6.45, 7) is 5.00. The zero-order valence-corrected chi connectivity index (χ0v) is 18.8. The van der Waals surface area contributed by atoms with Crippen LogP contribution in [0.25, 0.3) is 11.3 Å². The standard InChI is InChI=1S/C25H24N4O3S/c1-2-21(30)29-17-10-11-18(29)15-28(14-17)25-27-22(23(33-25)24(26)31)16-8-12-20(13-9-16)32-19-6-4-3-5-7-19/h2-9,12-13,17-18H,1,10-11,14-15H2,(H2,26,31)/t17-,18+. The van der Waals surface area contributed by atoms with Crippen molar-refractivity contribution in [2.24, 2.45) is 5.73 Å². The maximum absolute atomic E-state index is 12.3. The van der Waals surface area contributed by atoms with Crippen molar-refractivity contribution in [3.05, 3.63) is 72.1 Å². The summed E-state index contributed by atoms with van der Waals surface area (Å²) >= 11 is 1.31. The van der Waals surface area contributed by atoms with Gasteiger partial charge in [0, 0.05) is 18.7 Å². The van der Waals surface area contributed by atoms with Crippen molar-refractivity contribution in [1.82, 2.24) is 9.88 Å². The van der Waals surface area contributed by atoms with E-state index in [-0.39, 0.29) is 18.0 Å². The molecule has 33 heavy (non-hydrogen) atoms. The highest BCUT2D eigenvalue weighted by atomic mass is 32.1. The van der Waals surface area contributed by atoms with Crippen LogP contribution < -0.4 is 15.4 Å². The van der Waals surface area contributed by atoms with E-state index in [4.69, 9.17) is 15.5 Å². The van der Waals surface area contributed by atoms with Crippen LogP contribution in [0.1, 0.15) is 22.5 Å². The number of nitrogens with two attached hydrogens (primary N) is 1. The Kier molecular flexibility index (Phi) is 5.60. The molecule has 0 unspecified atom stereocenters. The normalized spacial score (nSPS) is 19.4. The van der Waals surface area contributed by atoms with E-state index < -0.39 is 5.91 Å². The largest absolute Gasteiger partial charge is 0.457 e. The van der Waals surface area contributed by atoms with E-state index in [1.54, 1.807) is 0 Å². The lowest BCUT2D eigenvalue weighted by Gasteiger charge is -2.40. The summed E-state index contributed by atoms with van der Waals surface area (Å²) in [5, 5.41) is 0.756. The number of carbonyl (C=O) groups excluding carboxylic acids is 2. The van der Waals surface area contributed by atoms with Gasteiger partial charge in [0.15, 0.2) is 5.13 Å². The number of benzene rings is 2. The zero-order valence-electron chi connectivity index (χ0n) is 18.0. The Morgan fingerprint density at radius 3 is 2.27 bits per heavy atom. The highest BCUT2D eigenvalue weighted by molar-refractivity contribution is 7.18. The lowest BCUT2D eigenvalue weighted by molar-refractivity contribution is -0.129. The van der Waals surface area contributed by atoms with Gasteiger partial charge in [-0.05, 0) is 55.3 Å². The van der Waals surface area contributed by atoms with E-state index in [2.05, 4.69) is 11.5 Å². The second kappa shape index (κ2) is 8.71. The molecule has 2 atom stereocenters. The van der Waals surface area contributed by atoms with E-state index in [1.807, 2.05) is 59.5 Å². The first-order chi connectivity index (χ1) is 16.0. The zero-order chi connectivity index (χ0) is 22.9. The summed E-state index contributed by atoms with van der Waals surface area (Å²) in [6, 6.07) is 17.3. The van der Waals surface area contributed by atoms with Crippen LogP contribution >= 0.6 is 11.3 Å². The van der Waals surface area contributed by atoms with Crippen LogP contribution in [0.5, 0.6) is 11.5 Å². The predicted molar refractivity (Wildman–Crippen MR) is 129 cm³/mol. The van der Waals surface area contributed by atoms with Gasteiger partial charge in [-0.2, -0.15) is 0 Å². The summed E-state index contributed by atoms with van der Waals surface area (Å²) < 4.78 is 5.86. The Bertz CT molecular complexity index is 1180. The highest BCUT2D eigenvalue weighted by Crippen LogP contribution is 2.38. The van der Waals surface area contributed by atoms with Crippen molar-refractivity contribution in [3.8, 4) is 22.8 Å². The van der Waals surface area contributed by atoms with Crippen LogP contribution in [0.4, 0.5) is 5.13 Å². The van der Waals surface area contributed by atoms with Crippen molar-refractivity contribution in [3.63, 3.8) is 0 Å². The van der Waals surface area contributed by atoms with Gasteiger partial charge >= 0.3 is 0 Å². The van der Waals surface area contributed by atoms with Crippen molar-refractivity contribution in [1.29, 1.82) is 0 Å². The summed E-state index contributed by atoms with van der Waals surface area (Å²) in [5.41, 5.74) is 7.07. The van der Waals surface area contributed by atoms with E-state index in [9.17, 15) is 9.59 Å². The molecule has 2 N–H and O–H groups in total. The van der Waals surface area contributed by atoms with Crippen LogP contribution in [-0.2, 0) is 4.79 Å². The molecule has 0 saturated carbocycles. The molecule has 0 radical (unpaired) electrons. The molecule has 2 bridgehead atoms. The van der Waals surface area contributed by atoms with Gasteiger partial charge in [0.1, 0.15) is 16.4 Å². The molecule has 2 amide bonds. The molecular formula is C25H24N4O3S. The Balaban J connectivity index is 1.39. The average molecular weight is 461 g/mol. The maximum atomic E-state index is 12.3. The first-order valence-electron chi connectivity index (χ1n) is 10.9. The second-order valence-corrected chi connectivity index (χ2v) is 9.20. The first-order valence-corrected chi connectivity index (χ1v) is 11.7. The highest BCUT2D eigenvalue weighted by Gasteiger charge is 2.42. The molecule has 1 aromatic heterocycles. The van der Waals surface area contributed by atoms with E-state index in [0.717, 1.165) is 29.3 Å². The number of primary amides is 1. The van der Waals surface area contributed by atoms with E-state index in [1.165, 1.54) is 17.4 Å². The van der Waals surface area contributed by atoms with Crippen LogP contribution in [0.15, 0.2) is 67.3 Å². The molecule has 2 aromatic carbocycles. The third-order valence-corrected chi connectivity index (χ3v) is 7.26.